The number of hydrogen-bond donors (Lipinski definition) is 0. The molecule has 4 nitrogen and oxygen atoms in total. The molecular formula is C31H34F3NO3. The van der Waals surface area contributed by atoms with Gasteiger partial charge in [-0.3, -0.25) is 0 Å². The molecule has 3 aromatic carbocycles. The van der Waals surface area contributed by atoms with E-state index in [0.29, 0.717) is 25.1 Å². The average Bonchev–Trinajstić information content (AvgIpc) is 2.88. The van der Waals surface area contributed by atoms with Gasteiger partial charge in [-0.25, -0.2) is 4.79 Å². The number of ether oxygens (including phenoxy) is 2. The van der Waals surface area contributed by atoms with Crippen molar-refractivity contribution in [2.75, 3.05) is 13.1 Å². The number of hydrogen-bond acceptors (Lipinski definition) is 3. The molecule has 0 saturated carbocycles. The highest BCUT2D eigenvalue weighted by molar-refractivity contribution is 5.68. The van der Waals surface area contributed by atoms with E-state index in [4.69, 9.17) is 9.47 Å². The first kappa shape index (κ1) is 27.7. The quantitative estimate of drug-likeness (QED) is 0.331. The third kappa shape index (κ3) is 7.16. The number of carbonyl (C=O) groups is 1. The predicted octanol–water partition coefficient (Wildman–Crippen LogP) is 7.68. The third-order valence-corrected chi connectivity index (χ3v) is 6.73. The fourth-order valence-corrected chi connectivity index (χ4v) is 4.98. The van der Waals surface area contributed by atoms with Crippen molar-refractivity contribution in [1.29, 1.82) is 0 Å². The molecule has 7 heteroatoms. The van der Waals surface area contributed by atoms with Gasteiger partial charge >= 0.3 is 12.3 Å². The first-order chi connectivity index (χ1) is 18.0. The minimum absolute atomic E-state index is 0.0553. The van der Waals surface area contributed by atoms with Crippen LogP contribution in [0.2, 0.25) is 0 Å². The van der Waals surface area contributed by atoms with Gasteiger partial charge in [-0.1, -0.05) is 72.8 Å². The summed E-state index contributed by atoms with van der Waals surface area (Å²) in [6, 6.07) is 25.3. The number of alkyl halides is 3. The molecule has 0 aliphatic carbocycles. The van der Waals surface area contributed by atoms with Gasteiger partial charge in [0.25, 0.3) is 0 Å². The fraction of sp³-hybridized carbons (Fsp3) is 0.387. The molecule has 1 aliphatic rings. The van der Waals surface area contributed by atoms with Gasteiger partial charge < -0.3 is 14.4 Å². The molecule has 0 unspecified atom stereocenters. The molecule has 4 rings (SSSR count). The SMILES string of the molecule is CC(C)(C)OC(=O)N1CC[C@H](OCc2ccc(C(F)(F)F)cc2)[C@H](C(c2ccccc2)c2ccccc2)C1. The van der Waals surface area contributed by atoms with Crippen LogP contribution in [0.5, 0.6) is 0 Å². The molecular weight excluding hydrogens is 491 g/mol. The number of rotatable bonds is 6. The number of likely N-dealkylation sites (tertiary alicyclic amines) is 1. The number of nitrogens with zero attached hydrogens (tertiary/aromatic N) is 1. The summed E-state index contributed by atoms with van der Waals surface area (Å²) in [6.45, 7) is 6.62. The Balaban J connectivity index is 1.62. The van der Waals surface area contributed by atoms with Crippen LogP contribution in [0.15, 0.2) is 84.9 Å². The molecule has 3 aromatic rings. The van der Waals surface area contributed by atoms with Crippen molar-refractivity contribution in [3.05, 3.63) is 107 Å². The van der Waals surface area contributed by atoms with E-state index in [1.165, 1.54) is 12.1 Å². The number of amides is 1. The van der Waals surface area contributed by atoms with Crippen LogP contribution in [-0.4, -0.2) is 35.8 Å². The van der Waals surface area contributed by atoms with E-state index >= 15 is 0 Å². The lowest BCUT2D eigenvalue weighted by atomic mass is 9.75. The third-order valence-electron chi connectivity index (χ3n) is 6.73. The van der Waals surface area contributed by atoms with Crippen LogP contribution in [0.25, 0.3) is 0 Å². The maximum Gasteiger partial charge on any atom is 0.416 e. The Bertz CT molecular complexity index is 1140. The average molecular weight is 526 g/mol. The van der Waals surface area contributed by atoms with Crippen molar-refractivity contribution < 1.29 is 27.4 Å². The maximum absolute atomic E-state index is 13.0. The van der Waals surface area contributed by atoms with Crippen molar-refractivity contribution in [2.24, 2.45) is 5.92 Å². The van der Waals surface area contributed by atoms with Gasteiger partial charge in [0.05, 0.1) is 18.3 Å². The maximum atomic E-state index is 13.0. The highest BCUT2D eigenvalue weighted by atomic mass is 19.4. The molecule has 1 amide bonds. The lowest BCUT2D eigenvalue weighted by Gasteiger charge is -2.42. The summed E-state index contributed by atoms with van der Waals surface area (Å²) in [5.41, 5.74) is 1.59. The van der Waals surface area contributed by atoms with Crippen molar-refractivity contribution in [3.63, 3.8) is 0 Å². The lowest BCUT2D eigenvalue weighted by molar-refractivity contribution is -0.137. The topological polar surface area (TPSA) is 38.8 Å². The Morgan fingerprint density at radius 1 is 0.895 bits per heavy atom. The van der Waals surface area contributed by atoms with Gasteiger partial charge in [0.2, 0.25) is 0 Å². The van der Waals surface area contributed by atoms with Crippen LogP contribution >= 0.6 is 0 Å². The standard InChI is InChI=1S/C31H34F3NO3/c1-30(2,3)38-29(36)35-19-18-27(37-21-22-14-16-25(17-15-22)31(32,33)34)26(20-35)28(23-10-6-4-7-11-23)24-12-8-5-9-13-24/h4-17,26-28H,18-21H2,1-3H3/t26-,27+/m1/s1. The molecule has 1 fully saturated rings. The summed E-state index contributed by atoms with van der Waals surface area (Å²) >= 11 is 0. The van der Waals surface area contributed by atoms with Crippen LogP contribution in [0.4, 0.5) is 18.0 Å². The van der Waals surface area contributed by atoms with E-state index in [2.05, 4.69) is 24.3 Å². The van der Waals surface area contributed by atoms with E-state index in [9.17, 15) is 18.0 Å². The van der Waals surface area contributed by atoms with E-state index in [1.807, 2.05) is 57.2 Å². The Morgan fingerprint density at radius 2 is 1.45 bits per heavy atom. The van der Waals surface area contributed by atoms with E-state index < -0.39 is 17.3 Å². The zero-order valence-corrected chi connectivity index (χ0v) is 21.9. The largest absolute Gasteiger partial charge is 0.444 e. The Labute approximate surface area is 222 Å². The second-order valence-electron chi connectivity index (χ2n) is 10.7. The van der Waals surface area contributed by atoms with E-state index in [1.54, 1.807) is 4.90 Å². The molecule has 0 bridgehead atoms. The van der Waals surface area contributed by atoms with Crippen LogP contribution < -0.4 is 0 Å². The molecule has 0 radical (unpaired) electrons. The van der Waals surface area contributed by atoms with Crippen LogP contribution in [0.3, 0.4) is 0 Å². The fourth-order valence-electron chi connectivity index (χ4n) is 4.98. The summed E-state index contributed by atoms with van der Waals surface area (Å²) in [6.07, 6.45) is -4.37. The van der Waals surface area contributed by atoms with Gasteiger partial charge in [-0.2, -0.15) is 13.2 Å². The van der Waals surface area contributed by atoms with Gasteiger partial charge in [-0.15, -0.1) is 0 Å². The molecule has 1 heterocycles. The van der Waals surface area contributed by atoms with Gasteiger partial charge in [-0.05, 0) is 56.0 Å². The molecule has 0 aromatic heterocycles. The zero-order chi connectivity index (χ0) is 27.3. The summed E-state index contributed by atoms with van der Waals surface area (Å²) in [4.78, 5) is 14.8. The summed E-state index contributed by atoms with van der Waals surface area (Å²) in [5, 5.41) is 0. The van der Waals surface area contributed by atoms with E-state index in [0.717, 1.165) is 23.3 Å². The molecule has 0 N–H and O–H groups in total. The predicted molar refractivity (Wildman–Crippen MR) is 141 cm³/mol. The first-order valence-corrected chi connectivity index (χ1v) is 12.9. The van der Waals surface area contributed by atoms with Crippen LogP contribution in [-0.2, 0) is 22.3 Å². The summed E-state index contributed by atoms with van der Waals surface area (Å²) < 4.78 is 51.0. The molecule has 2 atom stereocenters. The summed E-state index contributed by atoms with van der Waals surface area (Å²) in [7, 11) is 0. The Hall–Kier alpha value is -3.32. The van der Waals surface area contributed by atoms with Crippen molar-refractivity contribution in [3.8, 4) is 0 Å². The zero-order valence-electron chi connectivity index (χ0n) is 21.9. The second kappa shape index (κ2) is 11.6. The van der Waals surface area contributed by atoms with Gasteiger partial charge in [0.15, 0.2) is 0 Å². The molecule has 202 valence electrons. The first-order valence-electron chi connectivity index (χ1n) is 12.9. The molecule has 1 saturated heterocycles. The monoisotopic (exact) mass is 525 g/mol. The number of halogens is 3. The number of benzene rings is 3. The molecule has 1 aliphatic heterocycles. The molecule has 38 heavy (non-hydrogen) atoms. The minimum Gasteiger partial charge on any atom is -0.444 e. The van der Waals surface area contributed by atoms with Crippen molar-refractivity contribution >= 4 is 6.09 Å². The smallest absolute Gasteiger partial charge is 0.416 e. The highest BCUT2D eigenvalue weighted by Gasteiger charge is 2.39. The van der Waals surface area contributed by atoms with E-state index in [-0.39, 0.29) is 30.6 Å². The Kier molecular flexibility index (Phi) is 8.46. The Morgan fingerprint density at radius 3 is 1.95 bits per heavy atom. The second-order valence-corrected chi connectivity index (χ2v) is 10.7. The van der Waals surface area contributed by atoms with Gasteiger partial charge in [0.1, 0.15) is 5.60 Å². The minimum atomic E-state index is -4.38. The number of carbonyl (C=O) groups excluding carboxylic acids is 1. The highest BCUT2D eigenvalue weighted by Crippen LogP contribution is 2.39. The molecule has 0 spiro atoms. The lowest BCUT2D eigenvalue weighted by Crippen LogP contribution is -2.50. The van der Waals surface area contributed by atoms with Crippen LogP contribution in [0, 0.1) is 5.92 Å². The van der Waals surface area contributed by atoms with Crippen LogP contribution in [0.1, 0.15) is 55.4 Å². The normalized spacial score (nSPS) is 18.4. The van der Waals surface area contributed by atoms with Crippen molar-refractivity contribution in [2.45, 2.75) is 57.6 Å². The van der Waals surface area contributed by atoms with Crippen molar-refractivity contribution in [1.82, 2.24) is 4.90 Å². The van der Waals surface area contributed by atoms with Gasteiger partial charge in [0, 0.05) is 24.9 Å². The summed E-state index contributed by atoms with van der Waals surface area (Å²) in [5.74, 6) is -0.157. The number of piperidine rings is 1.